The zero-order valence-electron chi connectivity index (χ0n) is 11.7. The zero-order valence-corrected chi connectivity index (χ0v) is 11.7. The lowest BCUT2D eigenvalue weighted by atomic mass is 9.93. The van der Waals surface area contributed by atoms with Crippen LogP contribution in [-0.2, 0) is 11.2 Å². The third kappa shape index (κ3) is 3.98. The van der Waals surface area contributed by atoms with E-state index in [2.05, 4.69) is 29.7 Å². The fourth-order valence-electron chi connectivity index (χ4n) is 2.53. The molecule has 0 spiro atoms. The van der Waals surface area contributed by atoms with Crippen molar-refractivity contribution in [3.8, 4) is 0 Å². The van der Waals surface area contributed by atoms with E-state index in [0.717, 1.165) is 25.9 Å². The summed E-state index contributed by atoms with van der Waals surface area (Å²) in [6.07, 6.45) is 5.65. The van der Waals surface area contributed by atoms with E-state index in [4.69, 9.17) is 0 Å². The highest BCUT2D eigenvalue weighted by Crippen LogP contribution is 2.24. The molecule has 0 radical (unpaired) electrons. The third-order valence-corrected chi connectivity index (χ3v) is 3.72. The first-order valence-corrected chi connectivity index (χ1v) is 7.40. The number of hydrogen-bond donors (Lipinski definition) is 2. The summed E-state index contributed by atoms with van der Waals surface area (Å²) in [5, 5.41) is 6.41. The monoisotopic (exact) mass is 260 g/mol. The van der Waals surface area contributed by atoms with Crippen molar-refractivity contribution < 1.29 is 4.79 Å². The molecule has 0 saturated carbocycles. The molecule has 104 valence electrons. The maximum absolute atomic E-state index is 12.1. The molecule has 1 unspecified atom stereocenters. The number of para-hydroxylation sites is 1. The third-order valence-electron chi connectivity index (χ3n) is 3.72. The molecule has 0 bridgehead atoms. The highest BCUT2D eigenvalue weighted by atomic mass is 16.1. The van der Waals surface area contributed by atoms with E-state index in [-0.39, 0.29) is 11.8 Å². The number of carbonyl (C=O) groups excluding carboxylic acids is 1. The van der Waals surface area contributed by atoms with Crippen LogP contribution in [0.25, 0.3) is 0 Å². The number of carbonyl (C=O) groups is 1. The molecule has 0 aromatic heterocycles. The average Bonchev–Trinajstić information content (AvgIpc) is 2.46. The minimum absolute atomic E-state index is 0.0704. The van der Waals surface area contributed by atoms with Crippen LogP contribution in [0.15, 0.2) is 24.3 Å². The van der Waals surface area contributed by atoms with Crippen LogP contribution in [0.2, 0.25) is 0 Å². The van der Waals surface area contributed by atoms with Crippen molar-refractivity contribution in [2.75, 3.05) is 18.4 Å². The molecule has 1 aromatic carbocycles. The van der Waals surface area contributed by atoms with Gasteiger partial charge >= 0.3 is 0 Å². The number of unbranched alkanes of at least 4 members (excludes halogenated alkanes) is 3. The topological polar surface area (TPSA) is 41.1 Å². The maximum atomic E-state index is 12.1. The number of fused-ring (bicyclic) bond motifs is 1. The van der Waals surface area contributed by atoms with Crippen LogP contribution < -0.4 is 10.6 Å². The summed E-state index contributed by atoms with van der Waals surface area (Å²) in [5.41, 5.74) is 2.43. The summed E-state index contributed by atoms with van der Waals surface area (Å²) in [5.74, 6) is 0.263. The molecule has 0 saturated heterocycles. The Morgan fingerprint density at radius 2 is 2.16 bits per heavy atom. The molecule has 19 heavy (non-hydrogen) atoms. The van der Waals surface area contributed by atoms with Gasteiger partial charge in [-0.25, -0.2) is 0 Å². The van der Waals surface area contributed by atoms with Crippen LogP contribution in [0.4, 0.5) is 5.69 Å². The summed E-state index contributed by atoms with van der Waals surface area (Å²) >= 11 is 0. The van der Waals surface area contributed by atoms with Gasteiger partial charge in [0.25, 0.3) is 0 Å². The van der Waals surface area contributed by atoms with Crippen LogP contribution in [0.3, 0.4) is 0 Å². The van der Waals surface area contributed by atoms with E-state index in [1.54, 1.807) is 0 Å². The summed E-state index contributed by atoms with van der Waals surface area (Å²) in [6.45, 7) is 3.76. The van der Waals surface area contributed by atoms with Gasteiger partial charge < -0.3 is 10.6 Å². The Labute approximate surface area is 115 Å². The van der Waals surface area contributed by atoms with Gasteiger partial charge in [0.05, 0.1) is 5.92 Å². The minimum atomic E-state index is 0.0704. The SMILES string of the molecule is CCCCCCNC(=O)C1CNc2ccccc2C1. The Balaban J connectivity index is 1.76. The van der Waals surface area contributed by atoms with Gasteiger partial charge in [0.15, 0.2) is 0 Å². The lowest BCUT2D eigenvalue weighted by molar-refractivity contribution is -0.124. The van der Waals surface area contributed by atoms with E-state index >= 15 is 0 Å². The van der Waals surface area contributed by atoms with E-state index in [0.29, 0.717) is 0 Å². The normalized spacial score (nSPS) is 17.4. The van der Waals surface area contributed by atoms with Crippen LogP contribution in [0.5, 0.6) is 0 Å². The first kappa shape index (κ1) is 13.9. The highest BCUT2D eigenvalue weighted by Gasteiger charge is 2.23. The fourth-order valence-corrected chi connectivity index (χ4v) is 2.53. The molecule has 0 aliphatic carbocycles. The quantitative estimate of drug-likeness (QED) is 0.772. The van der Waals surface area contributed by atoms with Crippen molar-refractivity contribution in [1.29, 1.82) is 0 Å². The fraction of sp³-hybridized carbons (Fsp3) is 0.562. The van der Waals surface area contributed by atoms with Crippen molar-refractivity contribution in [2.24, 2.45) is 5.92 Å². The van der Waals surface area contributed by atoms with Crippen molar-refractivity contribution in [2.45, 2.75) is 39.0 Å². The second kappa shape index (κ2) is 7.17. The summed E-state index contributed by atoms with van der Waals surface area (Å²) < 4.78 is 0. The second-order valence-corrected chi connectivity index (χ2v) is 5.29. The Hall–Kier alpha value is -1.51. The molecule has 2 N–H and O–H groups in total. The van der Waals surface area contributed by atoms with Crippen LogP contribution in [-0.4, -0.2) is 19.0 Å². The van der Waals surface area contributed by atoms with Gasteiger partial charge in [-0.2, -0.15) is 0 Å². The smallest absolute Gasteiger partial charge is 0.225 e. The predicted molar refractivity (Wildman–Crippen MR) is 79.3 cm³/mol. The summed E-state index contributed by atoms with van der Waals surface area (Å²) in [7, 11) is 0. The van der Waals surface area contributed by atoms with Crippen LogP contribution in [0, 0.1) is 5.92 Å². The van der Waals surface area contributed by atoms with Gasteiger partial charge in [-0.05, 0) is 24.5 Å². The van der Waals surface area contributed by atoms with Crippen molar-refractivity contribution in [1.82, 2.24) is 5.32 Å². The van der Waals surface area contributed by atoms with Crippen LogP contribution in [0.1, 0.15) is 38.2 Å². The lowest BCUT2D eigenvalue weighted by Gasteiger charge is -2.25. The summed E-state index contributed by atoms with van der Waals surface area (Å²) in [6, 6.07) is 8.24. The van der Waals surface area contributed by atoms with Crippen LogP contribution >= 0.6 is 0 Å². The molecule has 1 aromatic rings. The molecule has 3 nitrogen and oxygen atoms in total. The van der Waals surface area contributed by atoms with Crippen molar-refractivity contribution in [3.05, 3.63) is 29.8 Å². The minimum Gasteiger partial charge on any atom is -0.384 e. The van der Waals surface area contributed by atoms with Crippen molar-refractivity contribution >= 4 is 11.6 Å². The standard InChI is InChI=1S/C16H24N2O/c1-2-3-4-7-10-17-16(19)14-11-13-8-5-6-9-15(13)18-12-14/h5-6,8-9,14,18H,2-4,7,10-12H2,1H3,(H,17,19). The molecular weight excluding hydrogens is 236 g/mol. The molecule has 1 amide bonds. The Morgan fingerprint density at radius 1 is 1.32 bits per heavy atom. The number of hydrogen-bond acceptors (Lipinski definition) is 2. The molecule has 1 aliphatic heterocycles. The number of benzene rings is 1. The van der Waals surface area contributed by atoms with E-state index < -0.39 is 0 Å². The number of anilines is 1. The zero-order chi connectivity index (χ0) is 13.5. The molecule has 3 heteroatoms. The highest BCUT2D eigenvalue weighted by molar-refractivity contribution is 5.80. The molecule has 0 fully saturated rings. The molecular formula is C16H24N2O. The number of nitrogens with one attached hydrogen (secondary N) is 2. The number of rotatable bonds is 6. The van der Waals surface area contributed by atoms with Gasteiger partial charge in [0.1, 0.15) is 0 Å². The number of amides is 1. The predicted octanol–water partition coefficient (Wildman–Crippen LogP) is 2.97. The molecule has 1 atom stereocenters. The van der Waals surface area contributed by atoms with E-state index in [9.17, 15) is 4.79 Å². The van der Waals surface area contributed by atoms with Crippen molar-refractivity contribution in [3.63, 3.8) is 0 Å². The molecule has 1 aliphatic rings. The van der Waals surface area contributed by atoms with Gasteiger partial charge in [0.2, 0.25) is 5.91 Å². The maximum Gasteiger partial charge on any atom is 0.225 e. The largest absolute Gasteiger partial charge is 0.384 e. The first-order valence-electron chi connectivity index (χ1n) is 7.40. The van der Waals surface area contributed by atoms with Gasteiger partial charge in [-0.1, -0.05) is 44.4 Å². The second-order valence-electron chi connectivity index (χ2n) is 5.29. The summed E-state index contributed by atoms with van der Waals surface area (Å²) in [4.78, 5) is 12.1. The Bertz CT molecular complexity index is 417. The average molecular weight is 260 g/mol. The first-order chi connectivity index (χ1) is 9.31. The Morgan fingerprint density at radius 3 is 3.00 bits per heavy atom. The van der Waals surface area contributed by atoms with Gasteiger partial charge in [-0.3, -0.25) is 4.79 Å². The lowest BCUT2D eigenvalue weighted by Crippen LogP contribution is -2.38. The Kier molecular flexibility index (Phi) is 5.25. The molecule has 2 rings (SSSR count). The van der Waals surface area contributed by atoms with Gasteiger partial charge in [0, 0.05) is 18.8 Å². The molecule has 1 heterocycles. The van der Waals surface area contributed by atoms with E-state index in [1.165, 1.54) is 30.5 Å². The van der Waals surface area contributed by atoms with Gasteiger partial charge in [-0.15, -0.1) is 0 Å². The van der Waals surface area contributed by atoms with E-state index in [1.807, 2.05) is 12.1 Å².